The van der Waals surface area contributed by atoms with Crippen molar-refractivity contribution in [2.75, 3.05) is 6.54 Å². The van der Waals surface area contributed by atoms with Crippen molar-refractivity contribution in [1.82, 2.24) is 9.29 Å². The van der Waals surface area contributed by atoms with E-state index in [1.165, 1.54) is 17.1 Å². The first-order valence-corrected chi connectivity index (χ1v) is 12.1. The second-order valence-corrected chi connectivity index (χ2v) is 9.46. The predicted molar refractivity (Wildman–Crippen MR) is 124 cm³/mol. The van der Waals surface area contributed by atoms with Crippen LogP contribution in [0.15, 0.2) is 59.6 Å². The number of aromatic amines is 1. The van der Waals surface area contributed by atoms with Crippen LogP contribution in [0.25, 0.3) is 10.9 Å². The molecule has 3 rings (SSSR count). The van der Waals surface area contributed by atoms with E-state index >= 15 is 0 Å². The molecule has 1 heterocycles. The van der Waals surface area contributed by atoms with Crippen LogP contribution in [0.1, 0.15) is 50.2 Å². The molecule has 0 spiro atoms. The van der Waals surface area contributed by atoms with Crippen LogP contribution in [0.5, 0.6) is 0 Å². The average molecular weight is 423 g/mol. The van der Waals surface area contributed by atoms with Crippen molar-refractivity contribution >= 4 is 20.9 Å². The van der Waals surface area contributed by atoms with E-state index in [0.29, 0.717) is 19.4 Å². The van der Waals surface area contributed by atoms with E-state index in [1.54, 1.807) is 12.1 Å². The summed E-state index contributed by atoms with van der Waals surface area (Å²) in [7, 11) is -3.67. The molecule has 0 saturated carbocycles. The zero-order valence-electron chi connectivity index (χ0n) is 17.8. The third-order valence-corrected chi connectivity index (χ3v) is 6.95. The molecule has 1 N–H and O–H groups in total. The Balaban J connectivity index is 1.79. The van der Waals surface area contributed by atoms with Crippen molar-refractivity contribution in [2.45, 2.75) is 57.3 Å². The topological polar surface area (TPSA) is 53.2 Å². The van der Waals surface area contributed by atoms with Crippen LogP contribution in [-0.4, -0.2) is 24.3 Å². The maximum Gasteiger partial charge on any atom is 0.270 e. The van der Waals surface area contributed by atoms with E-state index in [9.17, 15) is 8.42 Å². The summed E-state index contributed by atoms with van der Waals surface area (Å²) in [6.07, 6.45) is 7.76. The van der Waals surface area contributed by atoms with Crippen molar-refractivity contribution in [3.05, 3.63) is 65.9 Å². The Morgan fingerprint density at radius 3 is 2.53 bits per heavy atom. The van der Waals surface area contributed by atoms with Crippen molar-refractivity contribution in [3.63, 3.8) is 0 Å². The number of benzene rings is 2. The molecule has 3 aromatic rings. The molecule has 0 amide bonds. The number of fused-ring (bicyclic) bond motifs is 1. The third-order valence-electron chi connectivity index (χ3n) is 5.23. The Morgan fingerprint density at radius 2 is 1.77 bits per heavy atom. The Kier molecular flexibility index (Phi) is 7.59. The van der Waals surface area contributed by atoms with Crippen LogP contribution in [0.4, 0.5) is 0 Å². The quantitative estimate of drug-likeness (QED) is 0.276. The standard InChI is InChI=1S/C25H30N2O2S/c1-3-4-5-6-7-10-18-27(30(28,29)23-15-13-21(2)14-16-23)19-17-22-20-26-25-12-9-8-11-24(22)25/h8-9,11-16,20,26H,3-7,17,19H2,1-2H3. The maximum atomic E-state index is 13.2. The number of para-hydroxylation sites is 1. The second-order valence-electron chi connectivity index (χ2n) is 7.60. The summed E-state index contributed by atoms with van der Waals surface area (Å²) in [5, 5.41) is 1.12. The molecule has 0 radical (unpaired) electrons. The summed E-state index contributed by atoms with van der Waals surface area (Å²) in [6.45, 7) is 4.44. The van der Waals surface area contributed by atoms with Gasteiger partial charge in [0.05, 0.1) is 4.90 Å². The van der Waals surface area contributed by atoms with Gasteiger partial charge in [-0.3, -0.25) is 0 Å². The number of aromatic nitrogens is 1. The first kappa shape index (κ1) is 22.0. The summed E-state index contributed by atoms with van der Waals surface area (Å²) in [5.74, 6) is 3.09. The molecule has 0 aliphatic rings. The minimum atomic E-state index is -3.67. The Labute approximate surface area is 180 Å². The van der Waals surface area contributed by atoms with Gasteiger partial charge in [0.25, 0.3) is 10.0 Å². The van der Waals surface area contributed by atoms with Crippen LogP contribution in [0.3, 0.4) is 0 Å². The van der Waals surface area contributed by atoms with Gasteiger partial charge < -0.3 is 4.98 Å². The third kappa shape index (κ3) is 5.46. The molecule has 0 unspecified atom stereocenters. The number of rotatable bonds is 9. The fourth-order valence-electron chi connectivity index (χ4n) is 3.42. The summed E-state index contributed by atoms with van der Waals surface area (Å²) < 4.78 is 27.8. The van der Waals surface area contributed by atoms with Gasteiger partial charge in [-0.1, -0.05) is 68.0 Å². The molecule has 5 heteroatoms. The highest BCUT2D eigenvalue weighted by Gasteiger charge is 2.22. The number of nitrogens with one attached hydrogen (secondary N) is 1. The van der Waals surface area contributed by atoms with Gasteiger partial charge in [0.1, 0.15) is 0 Å². The van der Waals surface area contributed by atoms with Gasteiger partial charge in [0.15, 0.2) is 0 Å². The smallest absolute Gasteiger partial charge is 0.270 e. The van der Waals surface area contributed by atoms with Crippen molar-refractivity contribution < 1.29 is 8.42 Å². The lowest BCUT2D eigenvalue weighted by atomic mass is 10.1. The van der Waals surface area contributed by atoms with E-state index in [2.05, 4.69) is 29.9 Å². The zero-order valence-corrected chi connectivity index (χ0v) is 18.6. The number of hydrogen-bond donors (Lipinski definition) is 1. The largest absolute Gasteiger partial charge is 0.361 e. The molecular formula is C25H30N2O2S. The van der Waals surface area contributed by atoms with Gasteiger partial charge in [0.2, 0.25) is 0 Å². The Morgan fingerprint density at radius 1 is 1.00 bits per heavy atom. The molecule has 0 fully saturated rings. The first-order valence-electron chi connectivity index (χ1n) is 10.7. The molecule has 30 heavy (non-hydrogen) atoms. The van der Waals surface area contributed by atoms with E-state index < -0.39 is 10.0 Å². The minimum Gasteiger partial charge on any atom is -0.361 e. The van der Waals surface area contributed by atoms with Gasteiger partial charge >= 0.3 is 0 Å². The highest BCUT2D eigenvalue weighted by Crippen LogP contribution is 2.21. The molecule has 0 bridgehead atoms. The summed E-state index contributed by atoms with van der Waals surface area (Å²) in [5.41, 5.74) is 3.18. The molecule has 2 aromatic carbocycles. The van der Waals surface area contributed by atoms with Gasteiger partial charge in [0, 0.05) is 36.1 Å². The van der Waals surface area contributed by atoms with Gasteiger partial charge in [-0.05, 0) is 43.5 Å². The fraction of sp³-hybridized carbons (Fsp3) is 0.360. The number of H-pyrrole nitrogens is 1. The minimum absolute atomic E-state index is 0.285. The van der Waals surface area contributed by atoms with Gasteiger partial charge in [-0.2, -0.15) is 0 Å². The highest BCUT2D eigenvalue weighted by molar-refractivity contribution is 7.89. The average Bonchev–Trinajstić information content (AvgIpc) is 3.16. The molecule has 0 aliphatic carbocycles. The summed E-state index contributed by atoms with van der Waals surface area (Å²) in [4.78, 5) is 3.54. The number of sulfonamides is 1. The van der Waals surface area contributed by atoms with Crippen molar-refractivity contribution in [3.8, 4) is 12.0 Å². The van der Waals surface area contributed by atoms with E-state index in [4.69, 9.17) is 0 Å². The van der Waals surface area contributed by atoms with Crippen molar-refractivity contribution in [2.24, 2.45) is 0 Å². The van der Waals surface area contributed by atoms with Crippen LogP contribution < -0.4 is 0 Å². The Bertz CT molecular complexity index is 1120. The second kappa shape index (κ2) is 10.4. The van der Waals surface area contributed by atoms with E-state index in [1.807, 2.05) is 43.5 Å². The molecular weight excluding hydrogens is 392 g/mol. The number of unbranched alkanes of at least 4 members (excludes halogenated alkanes) is 4. The zero-order chi connectivity index (χ0) is 21.4. The first-order chi connectivity index (χ1) is 14.5. The fourth-order valence-corrected chi connectivity index (χ4v) is 4.67. The maximum absolute atomic E-state index is 13.2. The highest BCUT2D eigenvalue weighted by atomic mass is 32.2. The van der Waals surface area contributed by atoms with E-state index in [-0.39, 0.29) is 4.90 Å². The number of hydrogen-bond acceptors (Lipinski definition) is 2. The summed E-state index contributed by atoms with van der Waals surface area (Å²) >= 11 is 0. The van der Waals surface area contributed by atoms with E-state index in [0.717, 1.165) is 34.9 Å². The van der Waals surface area contributed by atoms with Crippen LogP contribution in [-0.2, 0) is 16.4 Å². The molecule has 0 atom stereocenters. The lowest BCUT2D eigenvalue weighted by Gasteiger charge is -2.18. The Hall–Kier alpha value is -2.71. The summed E-state index contributed by atoms with van der Waals surface area (Å²) in [6, 6.07) is 18.0. The van der Waals surface area contributed by atoms with Gasteiger partial charge in [-0.25, -0.2) is 12.7 Å². The molecule has 158 valence electrons. The van der Waals surface area contributed by atoms with Crippen LogP contribution in [0, 0.1) is 18.9 Å². The van der Waals surface area contributed by atoms with Crippen molar-refractivity contribution in [1.29, 1.82) is 0 Å². The number of nitrogens with zero attached hydrogens (tertiary/aromatic N) is 1. The van der Waals surface area contributed by atoms with Gasteiger partial charge in [-0.15, -0.1) is 0 Å². The van der Waals surface area contributed by atoms with Crippen LogP contribution in [0.2, 0.25) is 0 Å². The van der Waals surface area contributed by atoms with Crippen LogP contribution >= 0.6 is 0 Å². The molecule has 0 saturated heterocycles. The molecule has 1 aromatic heterocycles. The lowest BCUT2D eigenvalue weighted by molar-refractivity contribution is 0.512. The predicted octanol–water partition coefficient (Wildman–Crippen LogP) is 5.64. The lowest BCUT2D eigenvalue weighted by Crippen LogP contribution is -2.28. The number of aryl methyl sites for hydroxylation is 1. The normalized spacial score (nSPS) is 11.3. The molecule has 0 aliphatic heterocycles. The molecule has 4 nitrogen and oxygen atoms in total. The monoisotopic (exact) mass is 422 g/mol. The SMILES string of the molecule is CCCCCCC#CN(CCc1c[nH]c2ccccc12)S(=O)(=O)c1ccc(C)cc1.